The Balaban J connectivity index is 2.60. The van der Waals surface area contributed by atoms with Crippen LogP contribution in [0, 0.1) is 31.1 Å². The molecule has 3 N–H and O–H groups in total. The van der Waals surface area contributed by atoms with Crippen molar-refractivity contribution in [2.45, 2.75) is 40.3 Å². The van der Waals surface area contributed by atoms with Crippen LogP contribution in [0.4, 0.5) is 5.69 Å². The second kappa shape index (κ2) is 7.27. The Morgan fingerprint density at radius 3 is 2.55 bits per heavy atom. The van der Waals surface area contributed by atoms with Gasteiger partial charge < -0.3 is 10.8 Å². The van der Waals surface area contributed by atoms with E-state index in [0.717, 1.165) is 17.9 Å². The lowest BCUT2D eigenvalue weighted by Gasteiger charge is -2.24. The number of nitrogen functional groups attached to an aromatic ring is 1. The van der Waals surface area contributed by atoms with Crippen molar-refractivity contribution in [2.24, 2.45) is 5.92 Å². The molecule has 1 aromatic heterocycles. The molecule has 20 heavy (non-hydrogen) atoms. The summed E-state index contributed by atoms with van der Waals surface area (Å²) in [6.07, 6.45) is -0.529. The monoisotopic (exact) mass is 279 g/mol. The summed E-state index contributed by atoms with van der Waals surface area (Å²) in [6.45, 7) is 10.1. The third-order valence-electron chi connectivity index (χ3n) is 3.49. The van der Waals surface area contributed by atoms with E-state index in [1.165, 1.54) is 0 Å². The van der Waals surface area contributed by atoms with E-state index in [9.17, 15) is 5.11 Å². The van der Waals surface area contributed by atoms with Crippen molar-refractivity contribution < 1.29 is 5.11 Å². The first-order valence-corrected chi connectivity index (χ1v) is 6.98. The van der Waals surface area contributed by atoms with E-state index in [4.69, 9.17) is 11.0 Å². The molecule has 0 saturated heterocycles. The van der Waals surface area contributed by atoms with Crippen molar-refractivity contribution >= 4 is 5.69 Å². The zero-order valence-corrected chi connectivity index (χ0v) is 12.8. The molecule has 0 saturated carbocycles. The first-order chi connectivity index (χ1) is 9.38. The predicted molar refractivity (Wildman–Crippen MR) is 79.0 cm³/mol. The molecule has 2 unspecified atom stereocenters. The molecule has 0 aliphatic rings. The molecule has 0 aliphatic heterocycles. The van der Waals surface area contributed by atoms with Gasteiger partial charge in [0.15, 0.2) is 0 Å². The number of aliphatic hydroxyl groups is 1. The highest BCUT2D eigenvalue weighted by molar-refractivity contribution is 5.46. The number of hydrogen-bond donors (Lipinski definition) is 2. The van der Waals surface area contributed by atoms with E-state index in [2.05, 4.69) is 16.1 Å². The van der Waals surface area contributed by atoms with Crippen LogP contribution in [0.3, 0.4) is 0 Å². The minimum absolute atomic E-state index is 0.0357. The summed E-state index contributed by atoms with van der Waals surface area (Å²) >= 11 is 0. The zero-order valence-electron chi connectivity index (χ0n) is 12.8. The highest BCUT2D eigenvalue weighted by Gasteiger charge is 2.16. The number of nitrogens with two attached hydrogens (primary N) is 1. The Labute approximate surface area is 120 Å². The Morgan fingerprint density at radius 1 is 1.45 bits per heavy atom. The third-order valence-corrected chi connectivity index (χ3v) is 3.49. The van der Waals surface area contributed by atoms with Gasteiger partial charge in [-0.3, -0.25) is 9.58 Å². The van der Waals surface area contributed by atoms with Gasteiger partial charge >= 0.3 is 0 Å². The second-order valence-corrected chi connectivity index (χ2v) is 5.30. The van der Waals surface area contributed by atoms with Gasteiger partial charge in [-0.2, -0.15) is 10.4 Å². The van der Waals surface area contributed by atoms with Crippen LogP contribution in [0.25, 0.3) is 0 Å². The van der Waals surface area contributed by atoms with Crippen LogP contribution in [-0.4, -0.2) is 45.5 Å². The average Bonchev–Trinajstić information content (AvgIpc) is 2.65. The predicted octanol–water partition coefficient (Wildman–Crippen LogP) is 0.925. The second-order valence-electron chi connectivity index (χ2n) is 5.30. The van der Waals surface area contributed by atoms with E-state index < -0.39 is 6.10 Å². The number of likely N-dealkylation sites (N-methyl/N-ethyl adjacent to an activating group) is 1. The SMILES string of the molecule is CCN(CC(C)C#N)CC(O)Cn1nc(C)c(N)c1C. The van der Waals surface area contributed by atoms with Crippen LogP contribution in [-0.2, 0) is 6.54 Å². The minimum Gasteiger partial charge on any atom is -0.396 e. The molecule has 0 aliphatic carbocycles. The van der Waals surface area contributed by atoms with E-state index in [0.29, 0.717) is 25.3 Å². The number of aryl methyl sites for hydroxylation is 1. The van der Waals surface area contributed by atoms with Crippen molar-refractivity contribution in [2.75, 3.05) is 25.4 Å². The number of hydrogen-bond acceptors (Lipinski definition) is 5. The molecular weight excluding hydrogens is 254 g/mol. The van der Waals surface area contributed by atoms with Gasteiger partial charge in [-0.15, -0.1) is 0 Å². The number of rotatable bonds is 7. The highest BCUT2D eigenvalue weighted by Crippen LogP contribution is 2.15. The molecule has 1 heterocycles. The van der Waals surface area contributed by atoms with Crippen LogP contribution in [0.5, 0.6) is 0 Å². The Hall–Kier alpha value is -1.58. The number of nitrogens with zero attached hydrogens (tertiary/aromatic N) is 4. The molecule has 1 rings (SSSR count). The fourth-order valence-electron chi connectivity index (χ4n) is 2.20. The number of anilines is 1. The van der Waals surface area contributed by atoms with E-state index in [1.807, 2.05) is 27.7 Å². The summed E-state index contributed by atoms with van der Waals surface area (Å²) in [5.41, 5.74) is 8.24. The molecular formula is C14H25N5O. The van der Waals surface area contributed by atoms with Gasteiger partial charge in [0.1, 0.15) is 0 Å². The average molecular weight is 279 g/mol. The summed E-state index contributed by atoms with van der Waals surface area (Å²) < 4.78 is 1.75. The van der Waals surface area contributed by atoms with Gasteiger partial charge in [-0.25, -0.2) is 0 Å². The lowest BCUT2D eigenvalue weighted by atomic mass is 10.2. The maximum absolute atomic E-state index is 10.2. The summed E-state index contributed by atoms with van der Waals surface area (Å²) in [6, 6.07) is 2.22. The zero-order chi connectivity index (χ0) is 15.3. The number of aliphatic hydroxyl groups excluding tert-OH is 1. The molecule has 0 spiro atoms. The molecule has 1 aromatic rings. The lowest BCUT2D eigenvalue weighted by Crippen LogP contribution is -2.37. The maximum atomic E-state index is 10.2. The van der Waals surface area contributed by atoms with Crippen LogP contribution < -0.4 is 5.73 Å². The number of aromatic nitrogens is 2. The number of nitriles is 1. The van der Waals surface area contributed by atoms with E-state index in [1.54, 1.807) is 4.68 Å². The van der Waals surface area contributed by atoms with E-state index >= 15 is 0 Å². The molecule has 0 bridgehead atoms. The van der Waals surface area contributed by atoms with Crippen molar-refractivity contribution in [1.29, 1.82) is 5.26 Å². The first-order valence-electron chi connectivity index (χ1n) is 6.98. The van der Waals surface area contributed by atoms with Gasteiger partial charge in [-0.05, 0) is 27.3 Å². The fourth-order valence-corrected chi connectivity index (χ4v) is 2.20. The fraction of sp³-hybridized carbons (Fsp3) is 0.714. The Bertz CT molecular complexity index is 477. The van der Waals surface area contributed by atoms with Gasteiger partial charge in [0.2, 0.25) is 0 Å². The Kier molecular flexibility index (Phi) is 5.99. The van der Waals surface area contributed by atoms with Crippen LogP contribution in [0.1, 0.15) is 25.2 Å². The normalized spacial score (nSPS) is 14.2. The molecule has 0 fully saturated rings. The highest BCUT2D eigenvalue weighted by atomic mass is 16.3. The molecule has 0 radical (unpaired) electrons. The van der Waals surface area contributed by atoms with Gasteiger partial charge in [-0.1, -0.05) is 6.92 Å². The quantitative estimate of drug-likeness (QED) is 0.774. The molecule has 0 amide bonds. The van der Waals surface area contributed by atoms with Crippen molar-refractivity contribution in [3.63, 3.8) is 0 Å². The van der Waals surface area contributed by atoms with Crippen LogP contribution in [0.2, 0.25) is 0 Å². The molecule has 2 atom stereocenters. The van der Waals surface area contributed by atoms with Crippen molar-refractivity contribution in [1.82, 2.24) is 14.7 Å². The molecule has 6 heteroatoms. The van der Waals surface area contributed by atoms with Crippen LogP contribution in [0.15, 0.2) is 0 Å². The van der Waals surface area contributed by atoms with Gasteiger partial charge in [0, 0.05) is 13.1 Å². The standard InChI is InChI=1S/C14H25N5O/c1-5-18(7-10(2)6-15)8-13(20)9-19-12(4)14(16)11(3)17-19/h10,13,20H,5,7-9,16H2,1-4H3. The van der Waals surface area contributed by atoms with Crippen LogP contribution >= 0.6 is 0 Å². The van der Waals surface area contributed by atoms with Crippen molar-refractivity contribution in [3.8, 4) is 6.07 Å². The summed E-state index contributed by atoms with van der Waals surface area (Å²) in [5.74, 6) is -0.0357. The van der Waals surface area contributed by atoms with Gasteiger partial charge in [0.05, 0.1) is 41.7 Å². The van der Waals surface area contributed by atoms with Gasteiger partial charge in [0.25, 0.3) is 0 Å². The lowest BCUT2D eigenvalue weighted by molar-refractivity contribution is 0.0933. The van der Waals surface area contributed by atoms with E-state index in [-0.39, 0.29) is 5.92 Å². The summed E-state index contributed by atoms with van der Waals surface area (Å²) in [4.78, 5) is 2.08. The topological polar surface area (TPSA) is 91.1 Å². The minimum atomic E-state index is -0.529. The first kappa shape index (κ1) is 16.5. The van der Waals surface area contributed by atoms with Crippen molar-refractivity contribution in [3.05, 3.63) is 11.4 Å². The largest absolute Gasteiger partial charge is 0.396 e. The maximum Gasteiger partial charge on any atom is 0.0862 e. The Morgan fingerprint density at radius 2 is 2.10 bits per heavy atom. The third kappa shape index (κ3) is 4.22. The summed E-state index contributed by atoms with van der Waals surface area (Å²) in [7, 11) is 0. The molecule has 112 valence electrons. The smallest absolute Gasteiger partial charge is 0.0862 e. The molecule has 6 nitrogen and oxygen atoms in total. The summed E-state index contributed by atoms with van der Waals surface area (Å²) in [5, 5.41) is 23.4. The molecule has 0 aromatic carbocycles.